The third kappa shape index (κ3) is 1.73. The van der Waals surface area contributed by atoms with Gasteiger partial charge < -0.3 is 14.6 Å². The van der Waals surface area contributed by atoms with Crippen molar-refractivity contribution in [1.82, 2.24) is 0 Å². The zero-order valence-electron chi connectivity index (χ0n) is 9.43. The Bertz CT molecular complexity index is 399. The Labute approximate surface area is 93.9 Å². The molecule has 16 heavy (non-hydrogen) atoms. The van der Waals surface area contributed by atoms with E-state index in [4.69, 9.17) is 9.52 Å². The van der Waals surface area contributed by atoms with E-state index in [0.29, 0.717) is 30.4 Å². The number of carboxylic acid groups (broad SMARTS) is 1. The second kappa shape index (κ2) is 3.63. The van der Waals surface area contributed by atoms with E-state index in [9.17, 15) is 9.90 Å². The van der Waals surface area contributed by atoms with Gasteiger partial charge in [-0.25, -0.2) is 4.79 Å². The smallest absolute Gasteiger partial charge is 0.371 e. The number of carbonyl (C=O) groups is 1. The lowest BCUT2D eigenvalue weighted by molar-refractivity contribution is -0.108. The minimum absolute atomic E-state index is 0.114. The lowest BCUT2D eigenvalue weighted by Crippen LogP contribution is -2.42. The van der Waals surface area contributed by atoms with E-state index in [1.54, 1.807) is 6.07 Å². The first-order valence-electron chi connectivity index (χ1n) is 5.48. The molecule has 0 spiro atoms. The summed E-state index contributed by atoms with van der Waals surface area (Å²) in [6.07, 6.45) is 1.30. The van der Waals surface area contributed by atoms with Gasteiger partial charge in [-0.15, -0.1) is 0 Å². The summed E-state index contributed by atoms with van der Waals surface area (Å²) in [6.45, 7) is 4.24. The second-order valence-electron chi connectivity index (χ2n) is 4.91. The van der Waals surface area contributed by atoms with Crippen molar-refractivity contribution in [3.63, 3.8) is 0 Å². The molecule has 1 heterocycles. The van der Waals surface area contributed by atoms with Gasteiger partial charge >= 0.3 is 5.97 Å². The van der Waals surface area contributed by atoms with E-state index in [0.717, 1.165) is 0 Å². The minimum Gasteiger partial charge on any atom is -0.475 e. The van der Waals surface area contributed by atoms with Gasteiger partial charge in [-0.3, -0.25) is 0 Å². The van der Waals surface area contributed by atoms with E-state index >= 15 is 0 Å². The van der Waals surface area contributed by atoms with Crippen LogP contribution in [0, 0.1) is 11.8 Å². The van der Waals surface area contributed by atoms with E-state index in [1.165, 1.54) is 6.07 Å². The quantitative estimate of drug-likeness (QED) is 0.825. The molecule has 0 bridgehead atoms. The molecular weight excluding hydrogens is 208 g/mol. The maximum Gasteiger partial charge on any atom is 0.371 e. The number of furan rings is 1. The molecule has 0 amide bonds. The van der Waals surface area contributed by atoms with Crippen molar-refractivity contribution in [3.05, 3.63) is 23.7 Å². The van der Waals surface area contributed by atoms with Crippen LogP contribution in [0.3, 0.4) is 0 Å². The zero-order valence-corrected chi connectivity index (χ0v) is 9.43. The van der Waals surface area contributed by atoms with E-state index in [2.05, 4.69) is 13.8 Å². The van der Waals surface area contributed by atoms with Crippen LogP contribution in [-0.4, -0.2) is 16.2 Å². The van der Waals surface area contributed by atoms with Crippen LogP contribution in [0.25, 0.3) is 0 Å². The maximum absolute atomic E-state index is 10.6. The van der Waals surface area contributed by atoms with Crippen molar-refractivity contribution in [2.45, 2.75) is 32.3 Å². The predicted molar refractivity (Wildman–Crippen MR) is 57.1 cm³/mol. The molecule has 1 aromatic rings. The summed E-state index contributed by atoms with van der Waals surface area (Å²) in [5, 5.41) is 18.9. The standard InChI is InChI=1S/C12H16O4/c1-7(2)8-5-12(15,6-8)10-4-3-9(16-10)11(13)14/h3-4,7-8,15H,5-6H2,1-2H3,(H,13,14). The van der Waals surface area contributed by atoms with Crippen molar-refractivity contribution in [2.75, 3.05) is 0 Å². The molecule has 0 unspecified atom stereocenters. The van der Waals surface area contributed by atoms with Crippen molar-refractivity contribution in [3.8, 4) is 0 Å². The van der Waals surface area contributed by atoms with Crippen LogP contribution in [0.2, 0.25) is 0 Å². The summed E-state index contributed by atoms with van der Waals surface area (Å²) >= 11 is 0. The number of aromatic carboxylic acids is 1. The highest BCUT2D eigenvalue weighted by Gasteiger charge is 2.47. The SMILES string of the molecule is CC(C)C1CC(O)(c2ccc(C(=O)O)o2)C1. The van der Waals surface area contributed by atoms with Crippen LogP contribution in [0.5, 0.6) is 0 Å². The molecule has 2 rings (SSSR count). The Balaban J connectivity index is 2.11. The number of hydrogen-bond donors (Lipinski definition) is 2. The van der Waals surface area contributed by atoms with Gasteiger partial charge in [0.05, 0.1) is 0 Å². The molecule has 4 heteroatoms. The summed E-state index contributed by atoms with van der Waals surface area (Å²) in [7, 11) is 0. The van der Waals surface area contributed by atoms with Gasteiger partial charge in [0.25, 0.3) is 0 Å². The van der Waals surface area contributed by atoms with Crippen LogP contribution >= 0.6 is 0 Å². The number of carboxylic acids is 1. The van der Waals surface area contributed by atoms with E-state index < -0.39 is 11.6 Å². The molecule has 0 aromatic carbocycles. The highest BCUT2D eigenvalue weighted by Crippen LogP contribution is 2.48. The number of rotatable bonds is 3. The summed E-state index contributed by atoms with van der Waals surface area (Å²) in [4.78, 5) is 10.6. The summed E-state index contributed by atoms with van der Waals surface area (Å²) in [5.41, 5.74) is -0.956. The fourth-order valence-corrected chi connectivity index (χ4v) is 2.18. The van der Waals surface area contributed by atoms with Gasteiger partial charge in [-0.2, -0.15) is 0 Å². The second-order valence-corrected chi connectivity index (χ2v) is 4.91. The molecule has 0 aliphatic heterocycles. The molecule has 88 valence electrons. The Kier molecular flexibility index (Phi) is 2.54. The lowest BCUT2D eigenvalue weighted by Gasteiger charge is -2.44. The van der Waals surface area contributed by atoms with Crippen LogP contribution < -0.4 is 0 Å². The van der Waals surface area contributed by atoms with Crippen LogP contribution in [0.15, 0.2) is 16.5 Å². The topological polar surface area (TPSA) is 70.7 Å². The number of aliphatic hydroxyl groups is 1. The van der Waals surface area contributed by atoms with Gasteiger partial charge in [0, 0.05) is 0 Å². The van der Waals surface area contributed by atoms with Crippen LogP contribution in [0.4, 0.5) is 0 Å². The third-order valence-electron chi connectivity index (χ3n) is 3.42. The van der Waals surface area contributed by atoms with Crippen molar-refractivity contribution in [1.29, 1.82) is 0 Å². The monoisotopic (exact) mass is 224 g/mol. The molecule has 1 aliphatic rings. The highest BCUT2D eigenvalue weighted by molar-refractivity contribution is 5.84. The van der Waals surface area contributed by atoms with E-state index in [1.807, 2.05) is 0 Å². The zero-order chi connectivity index (χ0) is 11.9. The Morgan fingerprint density at radius 2 is 2.12 bits per heavy atom. The fourth-order valence-electron chi connectivity index (χ4n) is 2.18. The molecule has 1 fully saturated rings. The first-order valence-corrected chi connectivity index (χ1v) is 5.48. The van der Waals surface area contributed by atoms with Crippen molar-refractivity contribution >= 4 is 5.97 Å². The average molecular weight is 224 g/mol. The van der Waals surface area contributed by atoms with Gasteiger partial charge in [0.2, 0.25) is 5.76 Å². The fraction of sp³-hybridized carbons (Fsp3) is 0.583. The van der Waals surface area contributed by atoms with Crippen LogP contribution in [-0.2, 0) is 5.60 Å². The largest absolute Gasteiger partial charge is 0.475 e. The minimum atomic E-state index is -1.10. The summed E-state index contributed by atoms with van der Waals surface area (Å²) < 4.78 is 5.13. The normalized spacial score (nSPS) is 29.1. The molecule has 0 saturated heterocycles. The average Bonchev–Trinajstić information content (AvgIpc) is 2.61. The summed E-state index contributed by atoms with van der Waals surface area (Å²) in [6, 6.07) is 2.94. The highest BCUT2D eigenvalue weighted by atomic mass is 16.4. The molecular formula is C12H16O4. The molecule has 1 aromatic heterocycles. The molecule has 0 radical (unpaired) electrons. The lowest BCUT2D eigenvalue weighted by atomic mass is 9.65. The third-order valence-corrected chi connectivity index (χ3v) is 3.42. The first-order chi connectivity index (χ1) is 7.42. The van der Waals surface area contributed by atoms with Gasteiger partial charge in [0.1, 0.15) is 11.4 Å². The van der Waals surface area contributed by atoms with Gasteiger partial charge in [0.15, 0.2) is 0 Å². The van der Waals surface area contributed by atoms with Crippen molar-refractivity contribution in [2.24, 2.45) is 11.8 Å². The van der Waals surface area contributed by atoms with Gasteiger partial charge in [-0.1, -0.05) is 13.8 Å². The Morgan fingerprint density at radius 3 is 2.56 bits per heavy atom. The van der Waals surface area contributed by atoms with Crippen molar-refractivity contribution < 1.29 is 19.4 Å². The van der Waals surface area contributed by atoms with E-state index in [-0.39, 0.29) is 5.76 Å². The number of hydrogen-bond acceptors (Lipinski definition) is 3. The maximum atomic E-state index is 10.6. The molecule has 4 nitrogen and oxygen atoms in total. The molecule has 1 saturated carbocycles. The molecule has 2 N–H and O–H groups in total. The van der Waals surface area contributed by atoms with Crippen LogP contribution in [0.1, 0.15) is 43.0 Å². The van der Waals surface area contributed by atoms with Gasteiger partial charge in [-0.05, 0) is 36.8 Å². The summed E-state index contributed by atoms with van der Waals surface area (Å²) in [5.74, 6) is 0.186. The molecule has 0 atom stereocenters. The molecule has 1 aliphatic carbocycles. The Hall–Kier alpha value is -1.29. The first kappa shape index (κ1) is 11.2. The predicted octanol–water partition coefficient (Wildman–Crippen LogP) is 2.23. The Morgan fingerprint density at radius 1 is 1.50 bits per heavy atom.